The van der Waals surface area contributed by atoms with E-state index in [4.69, 9.17) is 4.74 Å². The van der Waals surface area contributed by atoms with E-state index in [1.54, 1.807) is 16.2 Å². The molecule has 1 atom stereocenters. The Morgan fingerprint density at radius 2 is 2.16 bits per heavy atom. The summed E-state index contributed by atoms with van der Waals surface area (Å²) >= 11 is 0. The van der Waals surface area contributed by atoms with Gasteiger partial charge in [-0.15, -0.1) is 5.10 Å². The third-order valence-corrected chi connectivity index (χ3v) is 5.35. The van der Waals surface area contributed by atoms with Crippen LogP contribution in [0.3, 0.4) is 0 Å². The van der Waals surface area contributed by atoms with Gasteiger partial charge in [-0.25, -0.2) is 9.67 Å². The molecule has 4 heterocycles. The average Bonchev–Trinajstić information content (AvgIpc) is 3.34. The van der Waals surface area contributed by atoms with Crippen molar-refractivity contribution in [1.82, 2.24) is 34.9 Å². The van der Waals surface area contributed by atoms with E-state index in [2.05, 4.69) is 36.3 Å². The lowest BCUT2D eigenvalue weighted by Gasteiger charge is -2.13. The highest BCUT2D eigenvalue weighted by atomic mass is 16.5. The van der Waals surface area contributed by atoms with Gasteiger partial charge in [-0.05, 0) is 31.0 Å². The molecule has 1 aliphatic rings. The van der Waals surface area contributed by atoms with Crippen molar-refractivity contribution in [2.45, 2.75) is 26.0 Å². The summed E-state index contributed by atoms with van der Waals surface area (Å²) in [4.78, 5) is 17.5. The number of nitrogens with one attached hydrogen (secondary N) is 3. The van der Waals surface area contributed by atoms with Gasteiger partial charge >= 0.3 is 0 Å². The van der Waals surface area contributed by atoms with Crippen LogP contribution in [0.2, 0.25) is 0 Å². The topological polar surface area (TPSA) is 123 Å². The van der Waals surface area contributed by atoms with Crippen LogP contribution < -0.4 is 16.0 Å². The minimum absolute atomic E-state index is 0.0584. The monoisotopic (exact) mass is 421 g/mol. The molecule has 0 saturated carbocycles. The van der Waals surface area contributed by atoms with E-state index in [1.807, 2.05) is 32.2 Å². The number of aryl methyl sites for hydroxylation is 1. The fourth-order valence-corrected chi connectivity index (χ4v) is 3.69. The summed E-state index contributed by atoms with van der Waals surface area (Å²) in [6.45, 7) is 2.91. The molecule has 4 bridgehead atoms. The zero-order valence-electron chi connectivity index (χ0n) is 17.5. The van der Waals surface area contributed by atoms with Gasteiger partial charge in [0.15, 0.2) is 5.65 Å². The summed E-state index contributed by atoms with van der Waals surface area (Å²) < 4.78 is 9.22. The van der Waals surface area contributed by atoms with Crippen LogP contribution in [0.1, 0.15) is 29.3 Å². The first-order valence-corrected chi connectivity index (χ1v) is 10.1. The first kappa shape index (κ1) is 19.2. The van der Waals surface area contributed by atoms with Gasteiger partial charge in [0.1, 0.15) is 22.7 Å². The number of ether oxygens (including phenoxy) is 1. The van der Waals surface area contributed by atoms with Crippen LogP contribution in [0.25, 0.3) is 16.7 Å². The van der Waals surface area contributed by atoms with Crippen molar-refractivity contribution in [1.29, 1.82) is 0 Å². The van der Waals surface area contributed by atoms with Gasteiger partial charge in [-0.2, -0.15) is 9.61 Å². The molecule has 3 aromatic heterocycles. The molecule has 1 amide bonds. The van der Waals surface area contributed by atoms with Gasteiger partial charge in [-0.3, -0.25) is 4.79 Å². The third-order valence-electron chi connectivity index (χ3n) is 5.35. The standard InChI is InChI=1S/C20H23N9O2/c1-11-4-5-31-10-12-6-14(18-15(7-12)28(3)27-26-18)24-16-8-17(21-2)29-19(25-16)13(9-22-29)20(30)23-11/h6-9,11,21H,4-5,10H2,1-3H3,(H,23,30)(H,24,25)/t11-/m1/s1. The molecule has 11 heteroatoms. The van der Waals surface area contributed by atoms with Crippen LogP contribution in [0.4, 0.5) is 17.3 Å². The first-order chi connectivity index (χ1) is 15.0. The van der Waals surface area contributed by atoms with E-state index in [9.17, 15) is 4.79 Å². The molecule has 5 rings (SSSR count). The van der Waals surface area contributed by atoms with Gasteiger partial charge < -0.3 is 20.7 Å². The minimum atomic E-state index is -0.221. The van der Waals surface area contributed by atoms with Crippen LogP contribution in [-0.4, -0.2) is 55.2 Å². The second-order valence-electron chi connectivity index (χ2n) is 7.64. The van der Waals surface area contributed by atoms with Crippen LogP contribution in [-0.2, 0) is 18.4 Å². The molecular weight excluding hydrogens is 398 g/mol. The predicted octanol–water partition coefficient (Wildman–Crippen LogP) is 1.83. The van der Waals surface area contributed by atoms with E-state index < -0.39 is 0 Å². The van der Waals surface area contributed by atoms with Gasteiger partial charge in [0.2, 0.25) is 0 Å². The van der Waals surface area contributed by atoms with Gasteiger partial charge in [0.25, 0.3) is 5.91 Å². The van der Waals surface area contributed by atoms with Crippen molar-refractivity contribution in [2.24, 2.45) is 7.05 Å². The number of aromatic nitrogens is 6. The van der Waals surface area contributed by atoms with Crippen LogP contribution in [0.15, 0.2) is 24.4 Å². The van der Waals surface area contributed by atoms with Crippen molar-refractivity contribution in [2.75, 3.05) is 24.3 Å². The van der Waals surface area contributed by atoms with Gasteiger partial charge in [-0.1, -0.05) is 5.21 Å². The maximum absolute atomic E-state index is 12.9. The highest BCUT2D eigenvalue weighted by Gasteiger charge is 2.20. The highest BCUT2D eigenvalue weighted by molar-refractivity contribution is 6.00. The largest absolute Gasteiger partial charge is 0.377 e. The lowest BCUT2D eigenvalue weighted by Crippen LogP contribution is -2.33. The Labute approximate surface area is 177 Å². The Morgan fingerprint density at radius 1 is 1.29 bits per heavy atom. The lowest BCUT2D eigenvalue weighted by atomic mass is 10.1. The maximum atomic E-state index is 12.9. The number of nitrogens with zero attached hydrogens (tertiary/aromatic N) is 6. The number of hydrogen-bond donors (Lipinski definition) is 3. The molecule has 0 unspecified atom stereocenters. The zero-order valence-corrected chi connectivity index (χ0v) is 17.5. The Bertz CT molecular complexity index is 1290. The lowest BCUT2D eigenvalue weighted by molar-refractivity contribution is 0.0903. The second-order valence-corrected chi connectivity index (χ2v) is 7.64. The van der Waals surface area contributed by atoms with E-state index in [0.29, 0.717) is 42.5 Å². The Kier molecular flexibility index (Phi) is 4.66. The Morgan fingerprint density at radius 3 is 3.00 bits per heavy atom. The second kappa shape index (κ2) is 7.51. The average molecular weight is 421 g/mol. The normalized spacial score (nSPS) is 17.3. The molecule has 11 nitrogen and oxygen atoms in total. The number of hydrogen-bond acceptors (Lipinski definition) is 8. The number of rotatable bonds is 1. The van der Waals surface area contributed by atoms with Crippen molar-refractivity contribution in [3.05, 3.63) is 35.5 Å². The van der Waals surface area contributed by atoms with E-state index in [1.165, 1.54) is 6.20 Å². The molecule has 0 spiro atoms. The molecule has 0 radical (unpaired) electrons. The van der Waals surface area contributed by atoms with Gasteiger partial charge in [0.05, 0.1) is 24.0 Å². The molecule has 0 fully saturated rings. The first-order valence-electron chi connectivity index (χ1n) is 10.1. The molecule has 3 N–H and O–H groups in total. The SMILES string of the molecule is CNc1cc2nc3c(cnn13)C(=O)N[C@H](C)CCOCc1cc(c3nnn(C)c3c1)N2. The van der Waals surface area contributed by atoms with Crippen molar-refractivity contribution < 1.29 is 9.53 Å². The fourth-order valence-electron chi connectivity index (χ4n) is 3.69. The smallest absolute Gasteiger partial charge is 0.256 e. The van der Waals surface area contributed by atoms with E-state index in [0.717, 1.165) is 22.3 Å². The number of benzene rings is 1. The number of carbonyl (C=O) groups is 1. The van der Waals surface area contributed by atoms with E-state index in [-0.39, 0.29) is 11.9 Å². The molecule has 1 aromatic carbocycles. The summed E-state index contributed by atoms with van der Waals surface area (Å²) in [5.41, 5.74) is 4.23. The molecule has 160 valence electrons. The van der Waals surface area contributed by atoms with Crippen LogP contribution in [0, 0.1) is 0 Å². The van der Waals surface area contributed by atoms with Crippen molar-refractivity contribution in [3.63, 3.8) is 0 Å². The zero-order chi connectivity index (χ0) is 21.5. The molecule has 4 aromatic rings. The molecule has 0 saturated heterocycles. The molecule has 31 heavy (non-hydrogen) atoms. The number of amides is 1. The van der Waals surface area contributed by atoms with Crippen LogP contribution >= 0.6 is 0 Å². The summed E-state index contributed by atoms with van der Waals surface area (Å²) in [6, 6.07) is 5.78. The Hall–Kier alpha value is -3.73. The summed E-state index contributed by atoms with van der Waals surface area (Å²) in [7, 11) is 3.65. The number of carbonyl (C=O) groups excluding carboxylic acids is 1. The molecular formula is C20H23N9O2. The summed E-state index contributed by atoms with van der Waals surface area (Å²) in [6.07, 6.45) is 2.22. The fraction of sp³-hybridized carbons (Fsp3) is 0.350. The van der Waals surface area contributed by atoms with Crippen molar-refractivity contribution >= 4 is 39.9 Å². The number of anilines is 3. The Balaban J connectivity index is 1.69. The quantitative estimate of drug-likeness (QED) is 0.425. The summed E-state index contributed by atoms with van der Waals surface area (Å²) in [5.74, 6) is 1.03. The van der Waals surface area contributed by atoms with Crippen molar-refractivity contribution in [3.8, 4) is 0 Å². The predicted molar refractivity (Wildman–Crippen MR) is 116 cm³/mol. The molecule has 0 aliphatic carbocycles. The van der Waals surface area contributed by atoms with E-state index >= 15 is 0 Å². The molecule has 1 aliphatic heterocycles. The third kappa shape index (κ3) is 3.42. The maximum Gasteiger partial charge on any atom is 0.256 e. The minimum Gasteiger partial charge on any atom is -0.377 e. The number of fused-ring (bicyclic) bond motifs is 5. The van der Waals surface area contributed by atoms with Gasteiger partial charge in [0, 0.05) is 32.8 Å². The highest BCUT2D eigenvalue weighted by Crippen LogP contribution is 2.28. The summed E-state index contributed by atoms with van der Waals surface area (Å²) in [5, 5.41) is 22.3. The van der Waals surface area contributed by atoms with Crippen LogP contribution in [0.5, 0.6) is 0 Å².